The molecule has 1 aliphatic heterocycles. The number of esters is 1. The zero-order valence-corrected chi connectivity index (χ0v) is 58.6. The maximum atomic E-state index is 14.0. The van der Waals surface area contributed by atoms with Gasteiger partial charge in [0.2, 0.25) is 0 Å². The van der Waals surface area contributed by atoms with Crippen LogP contribution in [0.1, 0.15) is 112 Å². The van der Waals surface area contributed by atoms with E-state index >= 15 is 0 Å². The molecule has 0 spiro atoms. The van der Waals surface area contributed by atoms with E-state index in [2.05, 4.69) is 6.07 Å². The van der Waals surface area contributed by atoms with E-state index in [0.29, 0.717) is 78.0 Å². The summed E-state index contributed by atoms with van der Waals surface area (Å²) in [6.45, 7) is 9.54. The number of rotatable bonds is 29. The fourth-order valence-corrected chi connectivity index (χ4v) is 11.9. The van der Waals surface area contributed by atoms with Crippen LogP contribution in [0.2, 0.25) is 0 Å². The Morgan fingerprint density at radius 1 is 0.390 bits per heavy atom. The summed E-state index contributed by atoms with van der Waals surface area (Å²) in [6, 6.07) is 75.3. The van der Waals surface area contributed by atoms with E-state index in [0.717, 1.165) is 85.9 Å². The summed E-state index contributed by atoms with van der Waals surface area (Å²) in [5, 5.41) is 11.0. The van der Waals surface area contributed by atoms with Gasteiger partial charge >= 0.3 is 24.8 Å². The third kappa shape index (κ3) is 21.4. The third-order valence-corrected chi connectivity index (χ3v) is 17.1. The Labute approximate surface area is 614 Å². The Morgan fingerprint density at radius 3 is 0.990 bits per heavy atom. The molecule has 1 heterocycles. The van der Waals surface area contributed by atoms with Gasteiger partial charge in [-0.25, -0.2) is 0 Å². The van der Waals surface area contributed by atoms with Crippen molar-refractivity contribution in [1.82, 2.24) is 0 Å². The number of aliphatic hydroxyl groups is 1. The number of aryl methyl sites for hydroxylation is 2. The molecule has 10 aromatic carbocycles. The van der Waals surface area contributed by atoms with Crippen molar-refractivity contribution in [2.45, 2.75) is 83.7 Å². The van der Waals surface area contributed by atoms with Crippen molar-refractivity contribution in [3.8, 4) is 57.5 Å². The van der Waals surface area contributed by atoms with Gasteiger partial charge in [-0.3, -0.25) is 4.79 Å². The Kier molecular flexibility index (Phi) is 31.8. The smallest absolute Gasteiger partial charge is 1.00 e. The maximum absolute atomic E-state index is 14.0. The molecule has 518 valence electrons. The van der Waals surface area contributed by atoms with Crippen molar-refractivity contribution in [3.63, 3.8) is 0 Å². The van der Waals surface area contributed by atoms with E-state index in [-0.39, 0.29) is 68.7 Å². The summed E-state index contributed by atoms with van der Waals surface area (Å²) in [7, 11) is 9.79. The molecule has 0 bridgehead atoms. The average Bonchev–Trinajstić information content (AvgIpc) is 1.01. The van der Waals surface area contributed by atoms with Crippen LogP contribution >= 0.6 is 0 Å². The van der Waals surface area contributed by atoms with Gasteiger partial charge in [0, 0.05) is 31.0 Å². The number of benzene rings is 10. The van der Waals surface area contributed by atoms with Gasteiger partial charge in [0.05, 0.1) is 61.8 Å². The summed E-state index contributed by atoms with van der Waals surface area (Å²) in [5.74, 6) is 4.05. The van der Waals surface area contributed by atoms with E-state index < -0.39 is 11.8 Å². The second-order valence-corrected chi connectivity index (χ2v) is 23.5. The number of ether oxygens (including phenoxy) is 12. The molecule has 10 aromatic rings. The largest absolute Gasteiger partial charge is 1.00 e. The molecule has 100 heavy (non-hydrogen) atoms. The summed E-state index contributed by atoms with van der Waals surface area (Å²) < 4.78 is 69.9. The van der Waals surface area contributed by atoms with E-state index in [1.54, 1.807) is 42.7 Å². The minimum atomic E-state index is -0.754. The van der Waals surface area contributed by atoms with Gasteiger partial charge in [-0.1, -0.05) is 170 Å². The van der Waals surface area contributed by atoms with Crippen LogP contribution in [0, 0.1) is 13.8 Å². The molecule has 1 N–H and O–H groups in total. The number of hydrogen-bond acceptors (Lipinski definition) is 14. The molecular weight excluding hydrogens is 1270 g/mol. The van der Waals surface area contributed by atoms with Crippen LogP contribution in [0.5, 0.6) is 57.5 Å². The van der Waals surface area contributed by atoms with Gasteiger partial charge in [-0.05, 0) is 161 Å². The summed E-state index contributed by atoms with van der Waals surface area (Å²) in [6.07, 6.45) is 2.56. The van der Waals surface area contributed by atoms with Crippen LogP contribution in [-0.2, 0) is 40.7 Å². The van der Waals surface area contributed by atoms with Gasteiger partial charge in [0.15, 0.2) is 63.4 Å². The minimum absolute atomic E-state index is 0. The van der Waals surface area contributed by atoms with Gasteiger partial charge in [0.25, 0.3) is 0 Å². The van der Waals surface area contributed by atoms with Crippen LogP contribution in [0.4, 0.5) is 0 Å². The molecule has 11 rings (SSSR count). The first-order valence-corrected chi connectivity index (χ1v) is 33.0. The van der Waals surface area contributed by atoms with Gasteiger partial charge in [-0.2, -0.15) is 0 Å². The first-order valence-electron chi connectivity index (χ1n) is 33.0. The predicted molar refractivity (Wildman–Crippen MR) is 395 cm³/mol. The van der Waals surface area contributed by atoms with Crippen LogP contribution in [-0.4, -0.2) is 97.5 Å². The molecule has 0 radical (unpaired) electrons. The van der Waals surface area contributed by atoms with Crippen molar-refractivity contribution in [3.05, 3.63) is 297 Å². The van der Waals surface area contributed by atoms with Gasteiger partial charge in [-0.15, -0.1) is 0 Å². The second kappa shape index (κ2) is 40.7. The quantitative estimate of drug-likeness (QED) is 0.0350. The SMILES string of the molecule is C1CCOC1.CCOC(=O)C(c1ccc(OCc2ccccc2)c(OC)c1)C(c1ccc(C)c(OC)c1)c1ccc(OCc2ccccc2)c(OC)c1.COc1cc(C(c2ccc(OCc3ccccc3)c(OC)c2)C(CO)c2ccc(OCc3ccccc3)c(OC)c2)ccc1C.[AlH3].[H-].[Li+]. The Hall–Kier alpha value is -9.28. The molecule has 0 aliphatic carbocycles. The Balaban J connectivity index is 0.000000289. The normalized spacial score (nSPS) is 12.5. The van der Waals surface area contributed by atoms with Gasteiger partial charge in [0.1, 0.15) is 37.9 Å². The Bertz CT molecular complexity index is 4080. The summed E-state index contributed by atoms with van der Waals surface area (Å²) in [5.41, 5.74) is 11.5. The molecular formula is C84H94AlLiO14. The molecule has 0 aromatic heterocycles. The van der Waals surface area contributed by atoms with Crippen LogP contribution in [0.15, 0.2) is 231 Å². The van der Waals surface area contributed by atoms with Crippen LogP contribution < -0.4 is 66.2 Å². The third-order valence-electron chi connectivity index (χ3n) is 17.1. The molecule has 1 saturated heterocycles. The molecule has 4 unspecified atom stereocenters. The Morgan fingerprint density at radius 2 is 0.680 bits per heavy atom. The van der Waals surface area contributed by atoms with Crippen molar-refractivity contribution in [1.29, 1.82) is 0 Å². The zero-order valence-electron chi connectivity index (χ0n) is 59.6. The molecule has 4 atom stereocenters. The summed E-state index contributed by atoms with van der Waals surface area (Å²) >= 11 is 0. The zero-order chi connectivity index (χ0) is 69.0. The number of methoxy groups -OCH3 is 6. The molecule has 0 saturated carbocycles. The molecule has 1 fully saturated rings. The monoisotopic (exact) mass is 1360 g/mol. The van der Waals surface area contributed by atoms with E-state index in [9.17, 15) is 9.90 Å². The number of hydrogen-bond donors (Lipinski definition) is 1. The number of carbonyl (C=O) groups excluding carboxylic acids is 1. The molecule has 14 nitrogen and oxygen atoms in total. The fraction of sp³-hybridized carbons (Fsp3) is 0.274. The topological polar surface area (TPSA) is 148 Å². The molecule has 16 heteroatoms. The number of aliphatic hydroxyl groups excluding tert-OH is 1. The fourth-order valence-electron chi connectivity index (χ4n) is 11.9. The van der Waals surface area contributed by atoms with Crippen molar-refractivity contribution < 1.29 is 87.0 Å². The van der Waals surface area contributed by atoms with Crippen LogP contribution in [0.3, 0.4) is 0 Å². The second-order valence-electron chi connectivity index (χ2n) is 23.5. The average molecular weight is 1360 g/mol. The van der Waals surface area contributed by atoms with E-state index in [1.807, 2.05) is 245 Å². The first-order chi connectivity index (χ1) is 48.0. The standard InChI is InChI=1S/C41H42O7.C39H40O6.C4H8O.Al.Li.4H/c1-6-46-41(42)40(33-20-22-35(38(25-33)45-5)48-27-30-15-11-8-12-16-30)39(31-18-17-28(2)36(23-31)43-3)32-19-21-34(37(24-32)44-4)47-26-29-13-9-7-10-14-29;1-27-15-16-31(22-36(27)41-2)39(32-18-20-35(38(23-32)43-4)45-26-29-13-9-6-10-14-29)33(24-40)30-17-19-34(37(21-30)42-3)44-25-28-11-7-5-8-12-28;1-2-4-5-3-1;;;;;;/h7-25,39-40H,6,26-27H2,1-5H3;5-23,33,39-40H,24-26H2,1-4H3;1-4H2;;;;;;/q;;;;+1;;;;-1. The minimum Gasteiger partial charge on any atom is -1.00 e. The van der Waals surface area contributed by atoms with Crippen molar-refractivity contribution >= 4 is 23.3 Å². The maximum Gasteiger partial charge on any atom is 1.00 e. The summed E-state index contributed by atoms with van der Waals surface area (Å²) in [4.78, 5) is 14.0. The van der Waals surface area contributed by atoms with Crippen molar-refractivity contribution in [2.24, 2.45) is 0 Å². The first kappa shape index (κ1) is 78.1. The van der Waals surface area contributed by atoms with Crippen LogP contribution in [0.25, 0.3) is 0 Å². The van der Waals surface area contributed by atoms with E-state index in [4.69, 9.17) is 56.8 Å². The predicted octanol–water partition coefficient (Wildman–Crippen LogP) is 13.5. The number of carbonyl (C=O) groups is 1. The van der Waals surface area contributed by atoms with E-state index in [1.165, 1.54) is 12.8 Å². The molecule has 1 aliphatic rings. The van der Waals surface area contributed by atoms with Gasteiger partial charge < -0.3 is 63.4 Å². The van der Waals surface area contributed by atoms with Crippen molar-refractivity contribution in [2.75, 3.05) is 69.1 Å². The molecule has 0 amide bonds.